The lowest BCUT2D eigenvalue weighted by molar-refractivity contribution is -0.384. The average molecular weight is 385 g/mol. The highest BCUT2D eigenvalue weighted by Crippen LogP contribution is 2.32. The van der Waals surface area contributed by atoms with Gasteiger partial charge in [-0.1, -0.05) is 19.9 Å². The maximum atomic E-state index is 12.2. The second-order valence-electron chi connectivity index (χ2n) is 6.45. The van der Waals surface area contributed by atoms with Crippen LogP contribution in [0.2, 0.25) is 0 Å². The Hall–Kier alpha value is -3.07. The van der Waals surface area contributed by atoms with E-state index in [-0.39, 0.29) is 35.7 Å². The molecule has 3 aromatic rings. The van der Waals surface area contributed by atoms with Gasteiger partial charge in [0.25, 0.3) is 5.69 Å². The maximum Gasteiger partial charge on any atom is 0.293 e. The van der Waals surface area contributed by atoms with E-state index in [1.54, 1.807) is 23.1 Å². The molecule has 0 saturated carbocycles. The normalized spacial score (nSPS) is 12.1. The number of hydrogen-bond acceptors (Lipinski definition) is 6. The second-order valence-corrected chi connectivity index (χ2v) is 7.23. The highest BCUT2D eigenvalue weighted by molar-refractivity contribution is 7.08. The molecule has 140 valence electrons. The molecule has 1 aromatic carbocycles. The largest absolute Gasteiger partial charge is 0.320 e. The first kappa shape index (κ1) is 18.7. The van der Waals surface area contributed by atoms with E-state index < -0.39 is 4.92 Å². The van der Waals surface area contributed by atoms with Crippen LogP contribution in [-0.2, 0) is 11.2 Å². The van der Waals surface area contributed by atoms with E-state index in [2.05, 4.69) is 15.4 Å². The van der Waals surface area contributed by atoms with Gasteiger partial charge >= 0.3 is 0 Å². The van der Waals surface area contributed by atoms with E-state index in [9.17, 15) is 14.9 Å². The van der Waals surface area contributed by atoms with Crippen LogP contribution in [0.15, 0.2) is 47.7 Å². The van der Waals surface area contributed by atoms with Crippen LogP contribution in [0.25, 0.3) is 0 Å². The molecular formula is C18H19N5O3S. The van der Waals surface area contributed by atoms with E-state index in [4.69, 9.17) is 0 Å². The van der Waals surface area contributed by atoms with Crippen molar-refractivity contribution in [3.05, 3.63) is 68.9 Å². The standard InChI is InChI=1S/C18H19N5O3S/c1-12(2)18(22-11-19-10-20-22)14-3-4-15(16(8-14)23(25)26)21-17(24)7-13-5-6-27-9-13/h3-6,8-12,18H,7H2,1-2H3,(H,21,24). The summed E-state index contributed by atoms with van der Waals surface area (Å²) >= 11 is 1.50. The van der Waals surface area contributed by atoms with Gasteiger partial charge in [-0.3, -0.25) is 14.9 Å². The van der Waals surface area contributed by atoms with Crippen LogP contribution >= 0.6 is 11.3 Å². The molecule has 0 fully saturated rings. The first-order valence-corrected chi connectivity index (χ1v) is 9.33. The summed E-state index contributed by atoms with van der Waals surface area (Å²) in [5.74, 6) is -0.147. The van der Waals surface area contributed by atoms with Crippen LogP contribution in [0.3, 0.4) is 0 Å². The van der Waals surface area contributed by atoms with Crippen molar-refractivity contribution in [2.45, 2.75) is 26.3 Å². The number of aromatic nitrogens is 3. The predicted molar refractivity (Wildman–Crippen MR) is 103 cm³/mol. The number of amides is 1. The molecule has 9 heteroatoms. The van der Waals surface area contributed by atoms with Crippen molar-refractivity contribution in [2.75, 3.05) is 5.32 Å². The van der Waals surface area contributed by atoms with Gasteiger partial charge in [0.1, 0.15) is 18.3 Å². The number of rotatable bonds is 7. The third-order valence-electron chi connectivity index (χ3n) is 4.13. The van der Waals surface area contributed by atoms with Crippen LogP contribution in [-0.4, -0.2) is 25.6 Å². The third kappa shape index (κ3) is 4.37. The molecule has 0 saturated heterocycles. The predicted octanol–water partition coefficient (Wildman–Crippen LogP) is 3.67. The summed E-state index contributed by atoms with van der Waals surface area (Å²) in [7, 11) is 0. The third-order valence-corrected chi connectivity index (χ3v) is 4.86. The fourth-order valence-corrected chi connectivity index (χ4v) is 3.64. The highest BCUT2D eigenvalue weighted by Gasteiger charge is 2.24. The molecule has 1 N–H and O–H groups in total. The summed E-state index contributed by atoms with van der Waals surface area (Å²) < 4.78 is 1.68. The fourth-order valence-electron chi connectivity index (χ4n) is 2.97. The van der Waals surface area contributed by atoms with E-state index in [0.29, 0.717) is 0 Å². The SMILES string of the molecule is CC(C)C(c1ccc(NC(=O)Cc2ccsc2)c([N+](=O)[O-])c1)n1cncn1. The van der Waals surface area contributed by atoms with Crippen LogP contribution in [0.4, 0.5) is 11.4 Å². The Kier molecular flexibility index (Phi) is 5.60. The lowest BCUT2D eigenvalue weighted by atomic mass is 9.95. The first-order chi connectivity index (χ1) is 13.0. The smallest absolute Gasteiger partial charge is 0.293 e. The second kappa shape index (κ2) is 8.09. The molecule has 0 aliphatic heterocycles. The van der Waals surface area contributed by atoms with Gasteiger partial charge in [0, 0.05) is 6.07 Å². The molecule has 0 spiro atoms. The number of carbonyl (C=O) groups excluding carboxylic acids is 1. The number of anilines is 1. The molecule has 2 aromatic heterocycles. The number of thiophene rings is 1. The Morgan fingerprint density at radius 2 is 2.19 bits per heavy atom. The zero-order valence-electron chi connectivity index (χ0n) is 14.9. The number of nitro benzene ring substituents is 1. The molecule has 0 aliphatic carbocycles. The zero-order valence-corrected chi connectivity index (χ0v) is 15.7. The van der Waals surface area contributed by atoms with Crippen LogP contribution in [0.1, 0.15) is 31.0 Å². The van der Waals surface area contributed by atoms with E-state index in [0.717, 1.165) is 11.1 Å². The molecule has 3 rings (SSSR count). The maximum absolute atomic E-state index is 12.2. The summed E-state index contributed by atoms with van der Waals surface area (Å²) in [6, 6.07) is 6.51. The zero-order chi connectivity index (χ0) is 19.4. The van der Waals surface area contributed by atoms with Crippen molar-refractivity contribution in [1.29, 1.82) is 0 Å². The molecule has 0 radical (unpaired) electrons. The summed E-state index contributed by atoms with van der Waals surface area (Å²) in [5.41, 5.74) is 1.66. The molecule has 1 atom stereocenters. The monoisotopic (exact) mass is 385 g/mol. The number of benzene rings is 1. The molecule has 0 bridgehead atoms. The van der Waals surface area contributed by atoms with Crippen molar-refractivity contribution < 1.29 is 9.72 Å². The van der Waals surface area contributed by atoms with Crippen molar-refractivity contribution in [2.24, 2.45) is 5.92 Å². The van der Waals surface area contributed by atoms with Gasteiger partial charge in [0.2, 0.25) is 5.91 Å². The first-order valence-electron chi connectivity index (χ1n) is 8.39. The summed E-state index contributed by atoms with van der Waals surface area (Å²) in [6.45, 7) is 4.02. The average Bonchev–Trinajstić information content (AvgIpc) is 3.30. The van der Waals surface area contributed by atoms with Gasteiger partial charge in [0.05, 0.1) is 17.4 Å². The number of nitro groups is 1. The topological polar surface area (TPSA) is 103 Å². The number of carbonyl (C=O) groups is 1. The van der Waals surface area contributed by atoms with E-state index in [1.165, 1.54) is 23.7 Å². The fraction of sp³-hybridized carbons (Fsp3) is 0.278. The Labute approximate surface area is 160 Å². The molecular weight excluding hydrogens is 366 g/mol. The van der Waals surface area contributed by atoms with Crippen LogP contribution in [0.5, 0.6) is 0 Å². The van der Waals surface area contributed by atoms with Crippen LogP contribution < -0.4 is 5.32 Å². The van der Waals surface area contributed by atoms with Crippen molar-refractivity contribution in [1.82, 2.24) is 14.8 Å². The van der Waals surface area contributed by atoms with Crippen molar-refractivity contribution >= 4 is 28.6 Å². The van der Waals surface area contributed by atoms with Gasteiger partial charge in [-0.05, 0) is 39.9 Å². The Morgan fingerprint density at radius 3 is 2.78 bits per heavy atom. The summed E-state index contributed by atoms with van der Waals surface area (Å²) in [5, 5.41) is 22.2. The minimum Gasteiger partial charge on any atom is -0.320 e. The van der Waals surface area contributed by atoms with Gasteiger partial charge in [0.15, 0.2) is 0 Å². The Balaban J connectivity index is 1.88. The van der Waals surface area contributed by atoms with Gasteiger partial charge < -0.3 is 5.32 Å². The van der Waals surface area contributed by atoms with Gasteiger partial charge in [-0.25, -0.2) is 9.67 Å². The molecule has 2 heterocycles. The lowest BCUT2D eigenvalue weighted by Crippen LogP contribution is -2.18. The summed E-state index contributed by atoms with van der Waals surface area (Å²) in [4.78, 5) is 27.3. The number of nitrogens with one attached hydrogen (secondary N) is 1. The number of nitrogens with zero attached hydrogens (tertiary/aromatic N) is 4. The molecule has 1 unspecified atom stereocenters. The van der Waals surface area contributed by atoms with E-state index in [1.807, 2.05) is 30.7 Å². The lowest BCUT2D eigenvalue weighted by Gasteiger charge is -2.21. The quantitative estimate of drug-likeness (QED) is 0.494. The van der Waals surface area contributed by atoms with E-state index >= 15 is 0 Å². The molecule has 1 amide bonds. The van der Waals surface area contributed by atoms with Crippen LogP contribution in [0, 0.1) is 16.0 Å². The molecule has 27 heavy (non-hydrogen) atoms. The molecule has 0 aliphatic rings. The number of hydrogen-bond donors (Lipinski definition) is 1. The minimum absolute atomic E-state index is 0.142. The van der Waals surface area contributed by atoms with Gasteiger partial charge in [-0.2, -0.15) is 16.4 Å². The molecule has 8 nitrogen and oxygen atoms in total. The minimum atomic E-state index is -0.484. The highest BCUT2D eigenvalue weighted by atomic mass is 32.1. The Morgan fingerprint density at radius 1 is 1.37 bits per heavy atom. The summed E-state index contributed by atoms with van der Waals surface area (Å²) in [6.07, 6.45) is 3.20. The van der Waals surface area contributed by atoms with Crippen molar-refractivity contribution in [3.8, 4) is 0 Å². The van der Waals surface area contributed by atoms with Gasteiger partial charge in [-0.15, -0.1) is 0 Å². The van der Waals surface area contributed by atoms with Crippen molar-refractivity contribution in [3.63, 3.8) is 0 Å². The Bertz CT molecular complexity index is 923.